The van der Waals surface area contributed by atoms with E-state index < -0.39 is 0 Å². The predicted molar refractivity (Wildman–Crippen MR) is 90.4 cm³/mol. The van der Waals surface area contributed by atoms with E-state index in [1.165, 1.54) is 4.90 Å². The molecule has 2 aliphatic heterocycles. The standard InChI is InChI=1S/C15H21N3OS.ClH/c16-9-12-5-6-17(10-12)11-15(19)18-7-8-20-14-4-2-1-3-13(14)18;/h1-4,12H,5-11,16H2;1H. The Bertz CT molecular complexity index is 500. The van der Waals surface area contributed by atoms with E-state index in [2.05, 4.69) is 11.0 Å². The summed E-state index contributed by atoms with van der Waals surface area (Å²) < 4.78 is 0. The summed E-state index contributed by atoms with van der Waals surface area (Å²) in [7, 11) is 0. The number of carbonyl (C=O) groups is 1. The normalized spacial score (nSPS) is 21.8. The summed E-state index contributed by atoms with van der Waals surface area (Å²) in [6.07, 6.45) is 1.12. The summed E-state index contributed by atoms with van der Waals surface area (Å²) in [6, 6.07) is 8.18. The summed E-state index contributed by atoms with van der Waals surface area (Å²) in [5, 5.41) is 0. The van der Waals surface area contributed by atoms with E-state index in [0.717, 1.165) is 44.0 Å². The molecule has 1 unspecified atom stereocenters. The van der Waals surface area contributed by atoms with Gasteiger partial charge in [0.1, 0.15) is 0 Å². The first-order chi connectivity index (χ1) is 9.78. The van der Waals surface area contributed by atoms with Crippen LogP contribution in [0.1, 0.15) is 6.42 Å². The SMILES string of the molecule is Cl.NCC1CCN(CC(=O)N2CCSc3ccccc32)C1. The maximum absolute atomic E-state index is 12.6. The maximum atomic E-state index is 12.6. The number of carbonyl (C=O) groups excluding carboxylic acids is 1. The molecule has 2 N–H and O–H groups in total. The second-order valence-corrected chi connectivity index (χ2v) is 6.62. The van der Waals surface area contributed by atoms with Crippen LogP contribution >= 0.6 is 24.2 Å². The molecule has 116 valence electrons. The molecule has 0 radical (unpaired) electrons. The van der Waals surface area contributed by atoms with Gasteiger partial charge in [0.05, 0.1) is 12.2 Å². The number of halogens is 1. The van der Waals surface area contributed by atoms with Crippen LogP contribution in [0.5, 0.6) is 0 Å². The van der Waals surface area contributed by atoms with Crippen molar-refractivity contribution in [2.75, 3.05) is 43.4 Å². The topological polar surface area (TPSA) is 49.6 Å². The second-order valence-electron chi connectivity index (χ2n) is 5.49. The third kappa shape index (κ3) is 3.72. The average Bonchev–Trinajstić information content (AvgIpc) is 2.94. The molecule has 3 rings (SSSR count). The van der Waals surface area contributed by atoms with E-state index in [0.29, 0.717) is 12.5 Å². The van der Waals surface area contributed by atoms with Crippen LogP contribution in [0, 0.1) is 5.92 Å². The van der Waals surface area contributed by atoms with Crippen molar-refractivity contribution in [1.29, 1.82) is 0 Å². The van der Waals surface area contributed by atoms with Crippen molar-refractivity contribution >= 4 is 35.8 Å². The Balaban J connectivity index is 0.00000161. The Labute approximate surface area is 136 Å². The Kier molecular flexibility index (Phi) is 5.93. The van der Waals surface area contributed by atoms with Crippen molar-refractivity contribution in [3.05, 3.63) is 24.3 Å². The van der Waals surface area contributed by atoms with Crippen molar-refractivity contribution in [3.8, 4) is 0 Å². The Morgan fingerprint density at radius 2 is 2.14 bits per heavy atom. The number of nitrogens with zero attached hydrogens (tertiary/aromatic N) is 2. The largest absolute Gasteiger partial charge is 0.330 e. The highest BCUT2D eigenvalue weighted by molar-refractivity contribution is 7.99. The molecule has 2 heterocycles. The molecule has 0 aliphatic carbocycles. The van der Waals surface area contributed by atoms with Crippen LogP contribution in [0.15, 0.2) is 29.2 Å². The molecule has 1 amide bonds. The van der Waals surface area contributed by atoms with Crippen molar-refractivity contribution in [3.63, 3.8) is 0 Å². The molecule has 0 aromatic heterocycles. The average molecular weight is 328 g/mol. The molecule has 1 aromatic rings. The molecule has 4 nitrogen and oxygen atoms in total. The van der Waals surface area contributed by atoms with E-state index in [-0.39, 0.29) is 18.3 Å². The zero-order chi connectivity index (χ0) is 13.9. The van der Waals surface area contributed by atoms with Gasteiger partial charge in [0.2, 0.25) is 5.91 Å². The van der Waals surface area contributed by atoms with Crippen LogP contribution < -0.4 is 10.6 Å². The minimum absolute atomic E-state index is 0. The van der Waals surface area contributed by atoms with E-state index in [1.807, 2.05) is 34.9 Å². The van der Waals surface area contributed by atoms with Crippen LogP contribution in [-0.2, 0) is 4.79 Å². The molecule has 0 saturated carbocycles. The molecule has 6 heteroatoms. The van der Waals surface area contributed by atoms with Gasteiger partial charge in [-0.1, -0.05) is 12.1 Å². The number of rotatable bonds is 3. The summed E-state index contributed by atoms with van der Waals surface area (Å²) >= 11 is 1.83. The van der Waals surface area contributed by atoms with Crippen LogP contribution in [0.3, 0.4) is 0 Å². The third-order valence-electron chi connectivity index (χ3n) is 4.09. The zero-order valence-corrected chi connectivity index (χ0v) is 13.7. The van der Waals surface area contributed by atoms with E-state index >= 15 is 0 Å². The lowest BCUT2D eigenvalue weighted by atomic mass is 10.1. The number of anilines is 1. The fourth-order valence-electron chi connectivity index (χ4n) is 2.95. The van der Waals surface area contributed by atoms with Crippen molar-refractivity contribution in [1.82, 2.24) is 4.90 Å². The van der Waals surface area contributed by atoms with Crippen molar-refractivity contribution < 1.29 is 4.79 Å². The predicted octanol–water partition coefficient (Wildman–Crippen LogP) is 1.83. The molecule has 1 atom stereocenters. The third-order valence-corrected chi connectivity index (χ3v) is 5.13. The van der Waals surface area contributed by atoms with Gasteiger partial charge in [-0.2, -0.15) is 0 Å². The monoisotopic (exact) mass is 327 g/mol. The highest BCUT2D eigenvalue weighted by atomic mass is 35.5. The fraction of sp³-hybridized carbons (Fsp3) is 0.533. The molecule has 1 saturated heterocycles. The number of thioether (sulfide) groups is 1. The molecular formula is C15H22ClN3OS. The highest BCUT2D eigenvalue weighted by Crippen LogP contribution is 2.34. The van der Waals surface area contributed by atoms with E-state index in [9.17, 15) is 4.79 Å². The number of hydrogen-bond acceptors (Lipinski definition) is 4. The first kappa shape index (κ1) is 16.6. The summed E-state index contributed by atoms with van der Waals surface area (Å²) in [5.74, 6) is 1.76. The molecule has 0 spiro atoms. The lowest BCUT2D eigenvalue weighted by Gasteiger charge is -2.30. The molecule has 1 aromatic carbocycles. The lowest BCUT2D eigenvalue weighted by Crippen LogP contribution is -2.42. The number of benzene rings is 1. The Morgan fingerprint density at radius 1 is 1.33 bits per heavy atom. The van der Waals surface area contributed by atoms with Crippen LogP contribution in [0.25, 0.3) is 0 Å². The quantitative estimate of drug-likeness (QED) is 0.920. The van der Waals surface area contributed by atoms with E-state index in [4.69, 9.17) is 5.73 Å². The number of amides is 1. The maximum Gasteiger partial charge on any atom is 0.241 e. The van der Waals surface area contributed by atoms with Crippen LogP contribution in [0.2, 0.25) is 0 Å². The summed E-state index contributed by atoms with van der Waals surface area (Å²) in [4.78, 5) is 18.0. The van der Waals surface area contributed by atoms with Crippen LogP contribution in [0.4, 0.5) is 5.69 Å². The van der Waals surface area contributed by atoms with Gasteiger partial charge in [0, 0.05) is 23.7 Å². The van der Waals surface area contributed by atoms with Crippen LogP contribution in [-0.4, -0.2) is 49.3 Å². The Morgan fingerprint density at radius 3 is 2.90 bits per heavy atom. The molecule has 2 aliphatic rings. The van der Waals surface area contributed by atoms with Gasteiger partial charge < -0.3 is 10.6 Å². The number of hydrogen-bond donors (Lipinski definition) is 1. The van der Waals surface area contributed by atoms with Gasteiger partial charge in [-0.25, -0.2) is 0 Å². The highest BCUT2D eigenvalue weighted by Gasteiger charge is 2.27. The van der Waals surface area contributed by atoms with Crippen molar-refractivity contribution in [2.45, 2.75) is 11.3 Å². The smallest absolute Gasteiger partial charge is 0.241 e. The van der Waals surface area contributed by atoms with Gasteiger partial charge >= 0.3 is 0 Å². The number of nitrogens with two attached hydrogens (primary N) is 1. The number of likely N-dealkylation sites (tertiary alicyclic amines) is 1. The van der Waals surface area contributed by atoms with Gasteiger partial charge in [0.25, 0.3) is 0 Å². The first-order valence-electron chi connectivity index (χ1n) is 7.22. The fourth-order valence-corrected chi connectivity index (χ4v) is 3.95. The minimum atomic E-state index is 0. The molecule has 21 heavy (non-hydrogen) atoms. The first-order valence-corrected chi connectivity index (χ1v) is 8.21. The molecular weight excluding hydrogens is 306 g/mol. The number of para-hydroxylation sites is 1. The summed E-state index contributed by atoms with van der Waals surface area (Å²) in [6.45, 7) is 4.03. The van der Waals surface area contributed by atoms with Gasteiger partial charge in [0.15, 0.2) is 0 Å². The molecule has 0 bridgehead atoms. The van der Waals surface area contributed by atoms with Gasteiger partial charge in [-0.3, -0.25) is 9.69 Å². The van der Waals surface area contributed by atoms with Crippen molar-refractivity contribution in [2.24, 2.45) is 11.7 Å². The van der Waals surface area contributed by atoms with E-state index in [1.54, 1.807) is 0 Å². The van der Waals surface area contributed by atoms with Gasteiger partial charge in [-0.15, -0.1) is 24.2 Å². The summed E-state index contributed by atoms with van der Waals surface area (Å²) in [5.41, 5.74) is 6.78. The zero-order valence-electron chi connectivity index (χ0n) is 12.0. The molecule has 1 fully saturated rings. The number of fused-ring (bicyclic) bond motifs is 1. The minimum Gasteiger partial charge on any atom is -0.330 e. The van der Waals surface area contributed by atoms with Gasteiger partial charge in [-0.05, 0) is 37.6 Å². The Hall–Kier alpha value is -0.750. The lowest BCUT2D eigenvalue weighted by molar-refractivity contribution is -0.119. The second kappa shape index (κ2) is 7.49.